The van der Waals surface area contributed by atoms with E-state index in [4.69, 9.17) is 15.0 Å². The van der Waals surface area contributed by atoms with Crippen LogP contribution in [-0.4, -0.2) is 23.4 Å². The van der Waals surface area contributed by atoms with Crippen LogP contribution in [0.4, 0.5) is 10.1 Å². The molecule has 6 heteroatoms. The van der Waals surface area contributed by atoms with Crippen LogP contribution in [0.5, 0.6) is 0 Å². The topological polar surface area (TPSA) is 74.2 Å². The fourth-order valence-corrected chi connectivity index (χ4v) is 2.13. The van der Waals surface area contributed by atoms with Gasteiger partial charge in [-0.05, 0) is 30.5 Å². The molecule has 0 amide bonds. The summed E-state index contributed by atoms with van der Waals surface area (Å²) in [6.45, 7) is 1.54. The highest BCUT2D eigenvalue weighted by atomic mass is 19.1. The van der Waals surface area contributed by atoms with Crippen molar-refractivity contribution in [3.8, 4) is 11.5 Å². The number of nitrogens with two attached hydrogens (primary N) is 1. The minimum absolute atomic E-state index is 0.0708. The normalized spacial score (nSPS) is 18.9. The van der Waals surface area contributed by atoms with Crippen LogP contribution in [0.25, 0.3) is 11.5 Å². The fraction of sp³-hybridized carbons (Fsp3) is 0.385. The lowest BCUT2D eigenvalue weighted by Crippen LogP contribution is -2.04. The molecule has 1 aliphatic rings. The third-order valence-corrected chi connectivity index (χ3v) is 3.21. The first-order valence-electron chi connectivity index (χ1n) is 6.18. The summed E-state index contributed by atoms with van der Waals surface area (Å²) in [7, 11) is 0. The van der Waals surface area contributed by atoms with Crippen LogP contribution in [0.15, 0.2) is 22.7 Å². The highest BCUT2D eigenvalue weighted by Crippen LogP contribution is 2.23. The zero-order valence-electron chi connectivity index (χ0n) is 10.3. The number of anilines is 1. The molecule has 1 aliphatic heterocycles. The smallest absolute Gasteiger partial charge is 0.257 e. The molecular weight excluding hydrogens is 249 g/mol. The Labute approximate surface area is 109 Å². The number of halogens is 1. The zero-order valence-corrected chi connectivity index (χ0v) is 10.3. The van der Waals surface area contributed by atoms with Crippen molar-refractivity contribution < 1.29 is 13.7 Å². The number of benzene rings is 1. The van der Waals surface area contributed by atoms with Crippen LogP contribution in [0.1, 0.15) is 12.2 Å². The second-order valence-corrected chi connectivity index (χ2v) is 4.69. The molecule has 1 saturated heterocycles. The molecule has 1 fully saturated rings. The lowest BCUT2D eigenvalue weighted by atomic mass is 10.1. The molecule has 0 saturated carbocycles. The van der Waals surface area contributed by atoms with Gasteiger partial charge in [0, 0.05) is 25.2 Å². The summed E-state index contributed by atoms with van der Waals surface area (Å²) in [5.41, 5.74) is 6.21. The van der Waals surface area contributed by atoms with Gasteiger partial charge in [-0.15, -0.1) is 0 Å². The van der Waals surface area contributed by atoms with Crippen molar-refractivity contribution in [2.24, 2.45) is 5.92 Å². The maximum Gasteiger partial charge on any atom is 0.257 e. The van der Waals surface area contributed by atoms with Gasteiger partial charge in [-0.2, -0.15) is 4.98 Å². The molecule has 0 radical (unpaired) electrons. The van der Waals surface area contributed by atoms with Gasteiger partial charge in [0.15, 0.2) is 5.82 Å². The van der Waals surface area contributed by atoms with E-state index in [0.29, 0.717) is 23.2 Å². The van der Waals surface area contributed by atoms with Crippen LogP contribution in [-0.2, 0) is 11.2 Å². The first-order valence-corrected chi connectivity index (χ1v) is 6.18. The van der Waals surface area contributed by atoms with Gasteiger partial charge in [-0.25, -0.2) is 4.39 Å². The summed E-state index contributed by atoms with van der Waals surface area (Å²) in [5, 5.41) is 3.93. The molecule has 3 rings (SSSR count). The highest BCUT2D eigenvalue weighted by Gasteiger charge is 2.19. The maximum absolute atomic E-state index is 13.1. The van der Waals surface area contributed by atoms with Crippen molar-refractivity contribution in [1.82, 2.24) is 10.1 Å². The van der Waals surface area contributed by atoms with Gasteiger partial charge in [0.1, 0.15) is 5.82 Å². The maximum atomic E-state index is 13.1. The summed E-state index contributed by atoms with van der Waals surface area (Å²) < 4.78 is 23.6. The Kier molecular flexibility index (Phi) is 3.16. The summed E-state index contributed by atoms with van der Waals surface area (Å²) in [6.07, 6.45) is 1.76. The monoisotopic (exact) mass is 263 g/mol. The predicted octanol–water partition coefficient (Wildman–Crippen LogP) is 2.04. The summed E-state index contributed by atoms with van der Waals surface area (Å²) >= 11 is 0. The second kappa shape index (κ2) is 4.97. The Morgan fingerprint density at radius 1 is 1.42 bits per heavy atom. The number of aromatic nitrogens is 2. The van der Waals surface area contributed by atoms with Gasteiger partial charge in [-0.1, -0.05) is 5.16 Å². The van der Waals surface area contributed by atoms with Crippen molar-refractivity contribution in [3.63, 3.8) is 0 Å². The molecule has 19 heavy (non-hydrogen) atoms. The van der Waals surface area contributed by atoms with Gasteiger partial charge >= 0.3 is 0 Å². The number of ether oxygens (including phenoxy) is 1. The third kappa shape index (κ3) is 2.58. The van der Waals surface area contributed by atoms with Crippen molar-refractivity contribution >= 4 is 5.69 Å². The zero-order chi connectivity index (χ0) is 13.2. The molecule has 1 unspecified atom stereocenters. The Morgan fingerprint density at radius 3 is 3.05 bits per heavy atom. The Morgan fingerprint density at radius 2 is 2.32 bits per heavy atom. The minimum atomic E-state index is -0.452. The summed E-state index contributed by atoms with van der Waals surface area (Å²) in [6, 6.07) is 4.35. The lowest BCUT2D eigenvalue weighted by Gasteiger charge is -2.01. The average molecular weight is 263 g/mol. The number of hydrogen-bond donors (Lipinski definition) is 1. The minimum Gasteiger partial charge on any atom is -0.396 e. The number of nitrogen functional groups attached to an aromatic ring is 1. The molecule has 2 heterocycles. The van der Waals surface area contributed by atoms with E-state index in [2.05, 4.69) is 10.1 Å². The number of nitrogens with zero attached hydrogens (tertiary/aromatic N) is 2. The van der Waals surface area contributed by atoms with Crippen molar-refractivity contribution in [2.45, 2.75) is 12.8 Å². The number of rotatable bonds is 3. The van der Waals surface area contributed by atoms with E-state index in [0.717, 1.165) is 26.1 Å². The molecule has 1 aromatic heterocycles. The van der Waals surface area contributed by atoms with Gasteiger partial charge in [0.25, 0.3) is 5.89 Å². The van der Waals surface area contributed by atoms with Crippen LogP contribution >= 0.6 is 0 Å². The summed E-state index contributed by atoms with van der Waals surface area (Å²) in [5.74, 6) is 1.00. The first-order chi connectivity index (χ1) is 9.22. The largest absolute Gasteiger partial charge is 0.396 e. The van der Waals surface area contributed by atoms with Gasteiger partial charge in [0.2, 0.25) is 0 Å². The van der Waals surface area contributed by atoms with Crippen molar-refractivity contribution in [1.29, 1.82) is 0 Å². The molecular formula is C13H14FN3O2. The standard InChI is InChI=1S/C13H14FN3O2/c14-10-2-1-9(6-11(10)15)13-16-12(17-19-13)5-8-3-4-18-7-8/h1-2,6,8H,3-5,7,15H2. The second-order valence-electron chi connectivity index (χ2n) is 4.69. The predicted molar refractivity (Wildman–Crippen MR) is 66.7 cm³/mol. The van der Waals surface area contributed by atoms with Crippen LogP contribution in [0, 0.1) is 11.7 Å². The van der Waals surface area contributed by atoms with E-state index in [1.807, 2.05) is 0 Å². The van der Waals surface area contributed by atoms with Gasteiger partial charge in [-0.3, -0.25) is 0 Å². The average Bonchev–Trinajstić information content (AvgIpc) is 3.05. The van der Waals surface area contributed by atoms with E-state index in [9.17, 15) is 4.39 Å². The van der Waals surface area contributed by atoms with Crippen LogP contribution in [0.2, 0.25) is 0 Å². The molecule has 2 N–H and O–H groups in total. The highest BCUT2D eigenvalue weighted by molar-refractivity contribution is 5.60. The summed E-state index contributed by atoms with van der Waals surface area (Å²) in [4.78, 5) is 4.30. The van der Waals surface area contributed by atoms with E-state index < -0.39 is 5.82 Å². The SMILES string of the molecule is Nc1cc(-c2nc(CC3CCOC3)no2)ccc1F. The van der Waals surface area contributed by atoms with Crippen molar-refractivity contribution in [3.05, 3.63) is 29.8 Å². The Bertz CT molecular complexity index is 579. The molecule has 100 valence electrons. The molecule has 5 nitrogen and oxygen atoms in total. The molecule has 1 atom stereocenters. The van der Waals surface area contributed by atoms with E-state index in [1.54, 1.807) is 6.07 Å². The lowest BCUT2D eigenvalue weighted by molar-refractivity contribution is 0.185. The van der Waals surface area contributed by atoms with E-state index in [-0.39, 0.29) is 5.69 Å². The van der Waals surface area contributed by atoms with Crippen molar-refractivity contribution in [2.75, 3.05) is 18.9 Å². The van der Waals surface area contributed by atoms with Gasteiger partial charge in [0.05, 0.1) is 5.69 Å². The van der Waals surface area contributed by atoms with Crippen LogP contribution < -0.4 is 5.73 Å². The van der Waals surface area contributed by atoms with Crippen LogP contribution in [0.3, 0.4) is 0 Å². The van der Waals surface area contributed by atoms with E-state index in [1.165, 1.54) is 12.1 Å². The van der Waals surface area contributed by atoms with E-state index >= 15 is 0 Å². The third-order valence-electron chi connectivity index (χ3n) is 3.21. The number of hydrogen-bond acceptors (Lipinski definition) is 5. The molecule has 1 aromatic carbocycles. The first kappa shape index (κ1) is 12.1. The molecule has 2 aromatic rings. The Balaban J connectivity index is 1.78. The Hall–Kier alpha value is -1.95. The molecule has 0 aliphatic carbocycles. The molecule has 0 spiro atoms. The molecule has 0 bridgehead atoms. The quantitative estimate of drug-likeness (QED) is 0.858. The van der Waals surface area contributed by atoms with Gasteiger partial charge < -0.3 is 15.0 Å². The fourth-order valence-electron chi connectivity index (χ4n) is 2.13.